The maximum Gasteiger partial charge on any atom is 0.0684 e. The zero-order chi connectivity index (χ0) is 21.9. The fourth-order valence-corrected chi connectivity index (χ4v) is 6.73. The van der Waals surface area contributed by atoms with Crippen molar-refractivity contribution < 1.29 is 0 Å². The molecule has 3 aromatic heterocycles. The van der Waals surface area contributed by atoms with Crippen molar-refractivity contribution in [1.29, 1.82) is 0 Å². The summed E-state index contributed by atoms with van der Waals surface area (Å²) in [5.74, 6) is 1.35. The lowest BCUT2D eigenvalue weighted by molar-refractivity contribution is 0.0503. The Bertz CT molecular complexity index is 1480. The number of benzene rings is 2. The molecule has 1 fully saturated rings. The van der Waals surface area contributed by atoms with Crippen LogP contribution in [-0.4, -0.2) is 32.9 Å². The smallest absolute Gasteiger partial charge is 0.0684 e. The molecule has 166 valence electrons. The molecule has 4 heteroatoms. The highest BCUT2D eigenvalue weighted by molar-refractivity contribution is 6.07. The minimum atomic E-state index is 0.496. The molecular formula is C29H30N4. The highest BCUT2D eigenvalue weighted by atomic mass is 15.2. The molecule has 5 aromatic rings. The molecule has 0 radical (unpaired) electrons. The lowest BCUT2D eigenvalue weighted by atomic mass is 9.75. The molecule has 3 atom stereocenters. The number of para-hydroxylation sites is 2. The molecule has 5 heterocycles. The van der Waals surface area contributed by atoms with Crippen molar-refractivity contribution in [2.45, 2.75) is 38.6 Å². The van der Waals surface area contributed by atoms with E-state index in [-0.39, 0.29) is 0 Å². The molecule has 4 nitrogen and oxygen atoms in total. The summed E-state index contributed by atoms with van der Waals surface area (Å²) in [7, 11) is 0. The van der Waals surface area contributed by atoms with Crippen LogP contribution in [0, 0.1) is 11.8 Å². The van der Waals surface area contributed by atoms with E-state index >= 15 is 0 Å². The molecule has 2 aliphatic rings. The molecule has 2 aromatic carbocycles. The van der Waals surface area contributed by atoms with Gasteiger partial charge in [-0.15, -0.1) is 0 Å². The second-order valence-electron chi connectivity index (χ2n) is 10.0. The number of aromatic amines is 2. The molecule has 2 aliphatic heterocycles. The molecule has 1 saturated heterocycles. The molecule has 0 aliphatic carbocycles. The first-order chi connectivity index (χ1) is 16.3. The molecule has 0 bridgehead atoms. The number of piperidine rings is 1. The molecule has 7 rings (SSSR count). The maximum absolute atomic E-state index is 4.90. The summed E-state index contributed by atoms with van der Waals surface area (Å²) >= 11 is 0. The first-order valence-electron chi connectivity index (χ1n) is 12.5. The summed E-state index contributed by atoms with van der Waals surface area (Å²) in [5.41, 5.74) is 7.98. The van der Waals surface area contributed by atoms with Crippen LogP contribution in [0.1, 0.15) is 42.8 Å². The summed E-state index contributed by atoms with van der Waals surface area (Å²) in [5, 5.41) is 4.02. The normalized spacial score (nSPS) is 23.2. The average Bonchev–Trinajstić information content (AvgIpc) is 3.43. The largest absolute Gasteiger partial charge is 0.357 e. The van der Waals surface area contributed by atoms with Gasteiger partial charge in [-0.25, -0.2) is 0 Å². The number of pyridine rings is 1. The van der Waals surface area contributed by atoms with Gasteiger partial charge in [-0.1, -0.05) is 49.7 Å². The zero-order valence-corrected chi connectivity index (χ0v) is 19.1. The SMILES string of the molecule is CCC1CN2CCc3c([nH]c4ccccc34)[C@@H]2C[C@@H]1Cc1nccc2c1[nH]c1ccccc12. The number of aromatic nitrogens is 3. The van der Waals surface area contributed by atoms with E-state index in [1.54, 1.807) is 5.56 Å². The van der Waals surface area contributed by atoms with Crippen LogP contribution < -0.4 is 0 Å². The average molecular weight is 435 g/mol. The summed E-state index contributed by atoms with van der Waals surface area (Å²) in [6.07, 6.45) is 6.65. The van der Waals surface area contributed by atoms with E-state index in [0.717, 1.165) is 12.8 Å². The Morgan fingerprint density at radius 1 is 0.909 bits per heavy atom. The fourth-order valence-electron chi connectivity index (χ4n) is 6.73. The van der Waals surface area contributed by atoms with Gasteiger partial charge in [0.05, 0.1) is 17.3 Å². The van der Waals surface area contributed by atoms with E-state index in [1.165, 1.54) is 70.0 Å². The van der Waals surface area contributed by atoms with Crippen molar-refractivity contribution in [2.24, 2.45) is 11.8 Å². The third kappa shape index (κ3) is 2.97. The molecular weight excluding hydrogens is 404 g/mol. The third-order valence-electron chi connectivity index (χ3n) is 8.42. The van der Waals surface area contributed by atoms with E-state index in [0.29, 0.717) is 17.9 Å². The quantitative estimate of drug-likeness (QED) is 0.346. The van der Waals surface area contributed by atoms with Crippen molar-refractivity contribution in [1.82, 2.24) is 19.9 Å². The van der Waals surface area contributed by atoms with Crippen molar-refractivity contribution in [2.75, 3.05) is 13.1 Å². The lowest BCUT2D eigenvalue weighted by Gasteiger charge is -2.46. The van der Waals surface area contributed by atoms with Crippen LogP contribution in [0.4, 0.5) is 0 Å². The first-order valence-corrected chi connectivity index (χ1v) is 12.5. The maximum atomic E-state index is 4.90. The monoisotopic (exact) mass is 434 g/mol. The van der Waals surface area contributed by atoms with E-state index in [4.69, 9.17) is 4.98 Å². The van der Waals surface area contributed by atoms with Gasteiger partial charge >= 0.3 is 0 Å². The predicted molar refractivity (Wildman–Crippen MR) is 136 cm³/mol. The van der Waals surface area contributed by atoms with Gasteiger partial charge in [-0.05, 0) is 54.9 Å². The zero-order valence-electron chi connectivity index (χ0n) is 19.1. The molecule has 0 saturated carbocycles. The van der Waals surface area contributed by atoms with Crippen LogP contribution in [0.25, 0.3) is 32.7 Å². The van der Waals surface area contributed by atoms with Crippen LogP contribution in [0.3, 0.4) is 0 Å². The topological polar surface area (TPSA) is 47.7 Å². The Balaban J connectivity index is 1.26. The van der Waals surface area contributed by atoms with E-state index in [1.807, 2.05) is 6.20 Å². The van der Waals surface area contributed by atoms with E-state index in [2.05, 4.69) is 76.4 Å². The highest BCUT2D eigenvalue weighted by Crippen LogP contribution is 2.44. The number of H-pyrrole nitrogens is 2. The van der Waals surface area contributed by atoms with Crippen LogP contribution in [0.5, 0.6) is 0 Å². The van der Waals surface area contributed by atoms with Gasteiger partial charge in [-0.2, -0.15) is 0 Å². The predicted octanol–water partition coefficient (Wildman–Crippen LogP) is 6.39. The first kappa shape index (κ1) is 19.4. The summed E-state index contributed by atoms with van der Waals surface area (Å²) in [6.45, 7) is 4.75. The molecule has 1 unspecified atom stereocenters. The van der Waals surface area contributed by atoms with Gasteiger partial charge in [0.1, 0.15) is 0 Å². The Labute approximate surface area is 194 Å². The summed E-state index contributed by atoms with van der Waals surface area (Å²) < 4.78 is 0. The van der Waals surface area contributed by atoms with E-state index in [9.17, 15) is 0 Å². The number of nitrogens with one attached hydrogen (secondary N) is 2. The van der Waals surface area contributed by atoms with E-state index < -0.39 is 0 Å². The van der Waals surface area contributed by atoms with Gasteiger partial charge in [0.2, 0.25) is 0 Å². The minimum Gasteiger partial charge on any atom is -0.357 e. The lowest BCUT2D eigenvalue weighted by Crippen LogP contribution is -2.46. The minimum absolute atomic E-state index is 0.496. The Hall–Kier alpha value is -3.11. The van der Waals surface area contributed by atoms with Crippen LogP contribution in [0.2, 0.25) is 0 Å². The van der Waals surface area contributed by atoms with Crippen molar-refractivity contribution in [3.63, 3.8) is 0 Å². The van der Waals surface area contributed by atoms with Crippen LogP contribution >= 0.6 is 0 Å². The molecule has 0 spiro atoms. The number of rotatable bonds is 3. The Morgan fingerprint density at radius 2 is 1.70 bits per heavy atom. The Kier molecular flexibility index (Phi) is 4.38. The molecule has 33 heavy (non-hydrogen) atoms. The number of hydrogen-bond acceptors (Lipinski definition) is 2. The van der Waals surface area contributed by atoms with Crippen molar-refractivity contribution in [3.8, 4) is 0 Å². The van der Waals surface area contributed by atoms with Crippen LogP contribution in [-0.2, 0) is 12.8 Å². The van der Waals surface area contributed by atoms with Gasteiger partial charge in [0, 0.05) is 52.2 Å². The number of fused-ring (bicyclic) bond motifs is 8. The molecule has 0 amide bonds. The Morgan fingerprint density at radius 3 is 2.55 bits per heavy atom. The van der Waals surface area contributed by atoms with Gasteiger partial charge < -0.3 is 9.97 Å². The van der Waals surface area contributed by atoms with Gasteiger partial charge in [0.15, 0.2) is 0 Å². The summed E-state index contributed by atoms with van der Waals surface area (Å²) in [6, 6.07) is 20.1. The van der Waals surface area contributed by atoms with Gasteiger partial charge in [0.25, 0.3) is 0 Å². The molecule has 2 N–H and O–H groups in total. The highest BCUT2D eigenvalue weighted by Gasteiger charge is 2.39. The fraction of sp³-hybridized carbons (Fsp3) is 0.345. The standard InChI is InChI=1S/C29H30N4/c1-2-18-17-33-14-12-23-21-8-4-6-10-25(21)32-29(23)27(33)16-19(18)15-26-28-22(11-13-30-26)20-7-3-5-9-24(20)31-28/h3-11,13,18-19,27,31-32H,2,12,14-17H2,1H3/t18?,19-,27-/m0/s1. The van der Waals surface area contributed by atoms with Gasteiger partial charge in [-0.3, -0.25) is 9.88 Å². The summed E-state index contributed by atoms with van der Waals surface area (Å²) in [4.78, 5) is 15.1. The van der Waals surface area contributed by atoms with Crippen molar-refractivity contribution in [3.05, 3.63) is 77.7 Å². The second kappa shape index (κ2) is 7.46. The second-order valence-corrected chi connectivity index (χ2v) is 10.0. The number of nitrogens with zero attached hydrogens (tertiary/aromatic N) is 2. The van der Waals surface area contributed by atoms with Crippen LogP contribution in [0.15, 0.2) is 60.8 Å². The van der Waals surface area contributed by atoms with Crippen molar-refractivity contribution >= 4 is 32.7 Å². The number of hydrogen-bond donors (Lipinski definition) is 2. The third-order valence-corrected chi connectivity index (χ3v) is 8.42.